The molecule has 0 fully saturated rings. The summed E-state index contributed by atoms with van der Waals surface area (Å²) in [4.78, 5) is 8.93. The Morgan fingerprint density at radius 3 is 1.86 bits per heavy atom. The maximum Gasteiger partial charge on any atom is 0.0163 e. The average Bonchev–Trinajstić information content (AvgIpc) is 3.00. The van der Waals surface area contributed by atoms with E-state index in [2.05, 4.69) is 89.0 Å². The predicted octanol–water partition coefficient (Wildman–Crippen LogP) is 9.55. The number of hydrogen-bond acceptors (Lipinski definition) is 2. The number of hydrogen-bond donors (Lipinski definition) is 0. The largest absolute Gasteiger partial charge is 0.305 e. The maximum atomic E-state index is 4.71. The molecule has 0 spiro atoms. The van der Waals surface area contributed by atoms with Gasteiger partial charge in [0.2, 0.25) is 0 Å². The van der Waals surface area contributed by atoms with E-state index in [1.807, 2.05) is 48.7 Å². The summed E-state index contributed by atoms with van der Waals surface area (Å²) in [6, 6.07) is 32.3. The Bertz CT molecular complexity index is 1640. The quantitative estimate of drug-likeness (QED) is 0.169. The van der Waals surface area contributed by atoms with Crippen molar-refractivity contribution in [2.24, 2.45) is 0 Å². The third-order valence-corrected chi connectivity index (χ3v) is 8.50. The van der Waals surface area contributed by atoms with E-state index in [1.165, 1.54) is 33.4 Å². The molecule has 43 heavy (non-hydrogen) atoms. The summed E-state index contributed by atoms with van der Waals surface area (Å²) >= 11 is 0. The molecule has 2 heterocycles. The van der Waals surface area contributed by atoms with Gasteiger partial charge in [-0.3, -0.25) is 0 Å². The molecule has 0 N–H and O–H groups in total. The molecule has 0 saturated carbocycles. The van der Waals surface area contributed by atoms with Crippen LogP contribution in [0.25, 0.3) is 33.6 Å². The second-order valence-electron chi connectivity index (χ2n) is 13.7. The van der Waals surface area contributed by atoms with Crippen LogP contribution < -0.4 is 0 Å². The molecule has 221 valence electrons. The van der Waals surface area contributed by atoms with Gasteiger partial charge in [0.25, 0.3) is 0 Å². The topological polar surface area (TPSA) is 25.8 Å². The minimum absolute atomic E-state index is 0. The van der Waals surface area contributed by atoms with Crippen molar-refractivity contribution >= 4 is 0 Å². The zero-order valence-corrected chi connectivity index (χ0v) is 28.5. The van der Waals surface area contributed by atoms with E-state index in [1.54, 1.807) is 17.3 Å². The molecule has 0 unspecified atom stereocenters. The van der Waals surface area contributed by atoms with Gasteiger partial charge in [0, 0.05) is 32.5 Å². The molecule has 2 aliphatic carbocycles. The number of benzene rings is 3. The van der Waals surface area contributed by atoms with Crippen molar-refractivity contribution in [1.82, 2.24) is 9.97 Å². The summed E-state index contributed by atoms with van der Waals surface area (Å²) < 4.78 is 0. The Hall–Kier alpha value is -3.39. The Morgan fingerprint density at radius 1 is 0.581 bits per heavy atom. The van der Waals surface area contributed by atoms with Crippen LogP contribution in [0.3, 0.4) is 0 Å². The van der Waals surface area contributed by atoms with Gasteiger partial charge in [0.05, 0.1) is 0 Å². The van der Waals surface area contributed by atoms with E-state index in [4.69, 9.17) is 4.98 Å². The number of nitrogens with zero attached hydrogens (tertiary/aromatic N) is 2. The molecule has 0 atom stereocenters. The maximum absolute atomic E-state index is 4.71. The molecule has 7 rings (SSSR count). The van der Waals surface area contributed by atoms with Crippen LogP contribution in [0.5, 0.6) is 0 Å². The fourth-order valence-electron chi connectivity index (χ4n) is 6.10. The zero-order chi connectivity index (χ0) is 29.5. The molecular weight excluding hydrogens is 701 g/mol. The molecule has 0 amide bonds. The first-order valence-corrected chi connectivity index (χ1v) is 15.2. The summed E-state index contributed by atoms with van der Waals surface area (Å²) in [6.07, 6.45) is 8.19. The number of aromatic nitrogens is 2. The monoisotopic (exact) mass is 741 g/mol. The van der Waals surface area contributed by atoms with Gasteiger partial charge in [0.15, 0.2) is 0 Å². The second-order valence-corrected chi connectivity index (χ2v) is 13.7. The third-order valence-electron chi connectivity index (χ3n) is 8.50. The van der Waals surface area contributed by atoms with Crippen molar-refractivity contribution in [3.05, 3.63) is 131 Å². The molecule has 1 radical (unpaired) electrons. The molecule has 3 heteroatoms. The first-order valence-electron chi connectivity index (χ1n) is 15.2. The Labute approximate surface area is 271 Å². The van der Waals surface area contributed by atoms with E-state index in [0.29, 0.717) is 0 Å². The summed E-state index contributed by atoms with van der Waals surface area (Å²) in [7, 11) is 0. The first-order chi connectivity index (χ1) is 20.1. The van der Waals surface area contributed by atoms with Crippen LogP contribution in [0.2, 0.25) is 0 Å². The molecule has 2 aliphatic rings. The van der Waals surface area contributed by atoms with Crippen LogP contribution in [0.4, 0.5) is 0 Å². The van der Waals surface area contributed by atoms with Gasteiger partial charge < -0.3 is 9.97 Å². The molecule has 0 saturated heterocycles. The van der Waals surface area contributed by atoms with Crippen molar-refractivity contribution in [3.8, 4) is 33.6 Å². The minimum Gasteiger partial charge on any atom is -0.305 e. The van der Waals surface area contributed by atoms with Crippen molar-refractivity contribution < 1.29 is 20.1 Å². The van der Waals surface area contributed by atoms with Gasteiger partial charge >= 0.3 is 0 Å². The van der Waals surface area contributed by atoms with Gasteiger partial charge in [0.1, 0.15) is 0 Å². The van der Waals surface area contributed by atoms with Crippen LogP contribution in [-0.2, 0) is 56.6 Å². The summed E-state index contributed by atoms with van der Waals surface area (Å²) in [5, 5.41) is 0. The van der Waals surface area contributed by atoms with Crippen LogP contribution >= 0.6 is 0 Å². The van der Waals surface area contributed by atoms with Crippen molar-refractivity contribution in [3.63, 3.8) is 0 Å². The smallest absolute Gasteiger partial charge is 0.0163 e. The van der Waals surface area contributed by atoms with Crippen molar-refractivity contribution in [1.29, 1.82) is 0 Å². The van der Waals surface area contributed by atoms with Crippen LogP contribution in [0.1, 0.15) is 74.9 Å². The Kier molecular flexibility index (Phi) is 8.89. The molecule has 3 aromatic carbocycles. The normalized spacial score (nSPS) is 13.3. The first kappa shape index (κ1) is 31.0. The fraction of sp³-hybridized carbons (Fsp3) is 0.300. The van der Waals surface area contributed by atoms with E-state index in [0.717, 1.165) is 48.2 Å². The number of pyridine rings is 2. The summed E-state index contributed by atoms with van der Waals surface area (Å²) in [5.74, 6) is 0. The van der Waals surface area contributed by atoms with Gasteiger partial charge in [-0.25, -0.2) is 0 Å². The van der Waals surface area contributed by atoms with Gasteiger partial charge in [-0.05, 0) is 82.3 Å². The molecule has 2 aromatic heterocycles. The molecule has 0 aliphatic heterocycles. The molecule has 2 nitrogen and oxygen atoms in total. The van der Waals surface area contributed by atoms with Gasteiger partial charge in [-0.1, -0.05) is 83.0 Å². The fourth-order valence-corrected chi connectivity index (χ4v) is 6.10. The van der Waals surface area contributed by atoms with Crippen LogP contribution in [0.15, 0.2) is 85.2 Å². The molecular formula is C40H40IrN2-2. The Morgan fingerprint density at radius 2 is 1.23 bits per heavy atom. The standard InChI is InChI=1S/C29H32N.C11H8N.Ir/c1-28(2,3)23-11-12-30-25(17-23)22-13-18-7-9-20-15-24(29(4,5)6)16-21-10-8-19(14-22)26(18)27(20)21;1-2-6-10(7-3-1)11-8-4-5-9-12-11;/h11-13,15-17H,7-10H2,1-6H3;1-6,8-9H;/q2*-1;. The van der Waals surface area contributed by atoms with Crippen molar-refractivity contribution in [2.45, 2.75) is 78.1 Å². The summed E-state index contributed by atoms with van der Waals surface area (Å²) in [6.45, 7) is 13.8. The van der Waals surface area contributed by atoms with Gasteiger partial charge in [-0.15, -0.1) is 64.7 Å². The second kappa shape index (κ2) is 12.3. The minimum atomic E-state index is 0. The van der Waals surface area contributed by atoms with E-state index < -0.39 is 0 Å². The SMILES string of the molecule is CC(C)(C)c1ccnc(-c2[c-]c3c4c(c2)CCc2cc(C(C)(C)C)cc(c2-4)CC3)c1.[Ir].[c-]1ccccc1-c1ccccn1. The van der Waals surface area contributed by atoms with E-state index in [9.17, 15) is 0 Å². The third kappa shape index (κ3) is 6.59. The van der Waals surface area contributed by atoms with E-state index >= 15 is 0 Å². The molecule has 5 aromatic rings. The van der Waals surface area contributed by atoms with Crippen LogP contribution in [-0.4, -0.2) is 9.97 Å². The Balaban J connectivity index is 0.000000238. The summed E-state index contributed by atoms with van der Waals surface area (Å²) in [5.41, 5.74) is 16.3. The van der Waals surface area contributed by atoms with Crippen LogP contribution in [0, 0.1) is 12.1 Å². The van der Waals surface area contributed by atoms with Crippen molar-refractivity contribution in [2.75, 3.05) is 0 Å². The molecule has 0 bridgehead atoms. The predicted molar refractivity (Wildman–Crippen MR) is 175 cm³/mol. The van der Waals surface area contributed by atoms with E-state index in [-0.39, 0.29) is 30.9 Å². The average molecular weight is 741 g/mol. The number of aryl methyl sites for hydroxylation is 4. The van der Waals surface area contributed by atoms with Gasteiger partial charge in [-0.2, -0.15) is 0 Å². The number of rotatable bonds is 2. The zero-order valence-electron chi connectivity index (χ0n) is 26.1.